The summed E-state index contributed by atoms with van der Waals surface area (Å²) in [5.74, 6) is -0.288. The Hall–Kier alpha value is -1.40. The van der Waals surface area contributed by atoms with E-state index in [-0.39, 0.29) is 17.4 Å². The topological polar surface area (TPSA) is 69.4 Å². The number of ether oxygens (including phenoxy) is 1. The lowest BCUT2D eigenvalue weighted by Gasteiger charge is -2.11. The molecule has 1 fully saturated rings. The smallest absolute Gasteiger partial charge is 0.183 e. The van der Waals surface area contributed by atoms with E-state index >= 15 is 0 Å². The van der Waals surface area contributed by atoms with Crippen molar-refractivity contribution < 1.29 is 13.2 Å². The lowest BCUT2D eigenvalue weighted by atomic mass is 10.1. The average Bonchev–Trinajstić information content (AvgIpc) is 3.15. The van der Waals surface area contributed by atoms with Crippen LogP contribution in [0.15, 0.2) is 59.5 Å². The molecule has 1 aliphatic carbocycles. The predicted octanol–water partition coefficient (Wildman–Crippen LogP) is 2.62. The molecule has 2 aromatic carbocycles. The van der Waals surface area contributed by atoms with Crippen LogP contribution in [0.2, 0.25) is 5.02 Å². The Morgan fingerprint density at radius 3 is 2.30 bits per heavy atom. The summed E-state index contributed by atoms with van der Waals surface area (Å²) >= 11 is 5.85. The van der Waals surface area contributed by atoms with Crippen molar-refractivity contribution in [3.05, 3.63) is 65.2 Å². The molecule has 3 unspecified atom stereocenters. The maximum absolute atomic E-state index is 13.0. The summed E-state index contributed by atoms with van der Waals surface area (Å²) < 4.78 is 31.2. The lowest BCUT2D eigenvalue weighted by Crippen LogP contribution is -2.35. The molecule has 0 bridgehead atoms. The highest BCUT2D eigenvalue weighted by molar-refractivity contribution is 7.92. The molecule has 0 heterocycles. The molecule has 4 nitrogen and oxygen atoms in total. The quantitative estimate of drug-likeness (QED) is 0.899. The summed E-state index contributed by atoms with van der Waals surface area (Å²) in [5, 5.41) is -0.214. The second-order valence-electron chi connectivity index (χ2n) is 5.85. The Morgan fingerprint density at radius 1 is 1.13 bits per heavy atom. The fourth-order valence-corrected chi connectivity index (χ4v) is 5.65. The number of hydrogen-bond acceptors (Lipinski definition) is 4. The molecular formula is C17H18ClNO3S. The van der Waals surface area contributed by atoms with Crippen LogP contribution in [-0.2, 0) is 14.6 Å². The van der Waals surface area contributed by atoms with Crippen molar-refractivity contribution >= 4 is 21.4 Å². The number of sulfone groups is 1. The van der Waals surface area contributed by atoms with Gasteiger partial charge in [-0.15, -0.1) is 0 Å². The fraction of sp³-hybridized carbons (Fsp3) is 0.294. The Bertz CT molecular complexity index is 792. The van der Waals surface area contributed by atoms with Crippen molar-refractivity contribution in [3.8, 4) is 0 Å². The van der Waals surface area contributed by atoms with Gasteiger partial charge in [-0.25, -0.2) is 8.42 Å². The van der Waals surface area contributed by atoms with Crippen molar-refractivity contribution in [1.82, 2.24) is 0 Å². The van der Waals surface area contributed by atoms with Gasteiger partial charge in [-0.2, -0.15) is 0 Å². The van der Waals surface area contributed by atoms with Gasteiger partial charge in [0, 0.05) is 18.1 Å². The van der Waals surface area contributed by atoms with E-state index in [1.165, 1.54) is 19.2 Å². The minimum Gasteiger partial charge on any atom is -0.383 e. The van der Waals surface area contributed by atoms with E-state index in [9.17, 15) is 8.42 Å². The molecule has 0 aliphatic heterocycles. The van der Waals surface area contributed by atoms with Gasteiger partial charge in [0.1, 0.15) is 0 Å². The van der Waals surface area contributed by atoms with Gasteiger partial charge in [0.05, 0.1) is 22.3 Å². The van der Waals surface area contributed by atoms with Crippen LogP contribution in [0.3, 0.4) is 0 Å². The van der Waals surface area contributed by atoms with Gasteiger partial charge in [0.25, 0.3) is 0 Å². The summed E-state index contributed by atoms with van der Waals surface area (Å²) in [6.45, 7) is 0.185. The van der Waals surface area contributed by atoms with Gasteiger partial charge in [0.15, 0.2) is 9.84 Å². The van der Waals surface area contributed by atoms with E-state index in [2.05, 4.69) is 0 Å². The van der Waals surface area contributed by atoms with Crippen LogP contribution in [0.4, 0.5) is 0 Å². The lowest BCUT2D eigenvalue weighted by molar-refractivity contribution is 0.171. The predicted molar refractivity (Wildman–Crippen MR) is 90.4 cm³/mol. The van der Waals surface area contributed by atoms with Crippen molar-refractivity contribution in [2.45, 2.75) is 21.6 Å². The number of nitrogens with two attached hydrogens (primary N) is 1. The first-order chi connectivity index (χ1) is 10.9. The number of rotatable bonds is 5. The highest BCUT2D eigenvalue weighted by Crippen LogP contribution is 2.55. The first-order valence-corrected chi connectivity index (χ1v) is 9.16. The molecule has 1 aliphatic rings. The van der Waals surface area contributed by atoms with Crippen molar-refractivity contribution in [1.29, 1.82) is 0 Å². The summed E-state index contributed by atoms with van der Waals surface area (Å²) in [4.78, 5) is 0.233. The second kappa shape index (κ2) is 5.91. The van der Waals surface area contributed by atoms with Gasteiger partial charge in [-0.3, -0.25) is 0 Å². The summed E-state index contributed by atoms with van der Waals surface area (Å²) in [6.07, 6.45) is 0. The molecule has 6 heteroatoms. The SMILES string of the molecule is COCC1(N)C(c2ccccc2)C1S(=O)(=O)c1ccc(Cl)cc1. The van der Waals surface area contributed by atoms with Crippen LogP contribution in [0.1, 0.15) is 11.5 Å². The zero-order valence-electron chi connectivity index (χ0n) is 12.6. The zero-order chi connectivity index (χ0) is 16.7. The molecule has 1 saturated carbocycles. The molecule has 2 aromatic rings. The minimum absolute atomic E-state index is 0.185. The Labute approximate surface area is 141 Å². The van der Waals surface area contributed by atoms with Crippen LogP contribution in [0.5, 0.6) is 0 Å². The zero-order valence-corrected chi connectivity index (χ0v) is 14.2. The molecule has 0 amide bonds. The minimum atomic E-state index is -3.57. The van der Waals surface area contributed by atoms with Crippen molar-refractivity contribution in [3.63, 3.8) is 0 Å². The van der Waals surface area contributed by atoms with E-state index < -0.39 is 20.6 Å². The first kappa shape index (κ1) is 16.5. The molecule has 3 rings (SSSR count). The van der Waals surface area contributed by atoms with Gasteiger partial charge < -0.3 is 10.5 Å². The molecule has 2 N–H and O–H groups in total. The normalized spacial score (nSPS) is 26.9. The Kier molecular flexibility index (Phi) is 4.23. The number of hydrogen-bond donors (Lipinski definition) is 1. The summed E-state index contributed by atoms with van der Waals surface area (Å²) in [5.41, 5.74) is 6.39. The van der Waals surface area contributed by atoms with E-state index in [0.29, 0.717) is 5.02 Å². The maximum Gasteiger partial charge on any atom is 0.183 e. The molecular weight excluding hydrogens is 334 g/mol. The summed E-state index contributed by atoms with van der Waals surface area (Å²) in [7, 11) is -2.04. The Morgan fingerprint density at radius 2 is 1.74 bits per heavy atom. The van der Waals surface area contributed by atoms with Gasteiger partial charge in [-0.05, 0) is 29.8 Å². The summed E-state index contributed by atoms with van der Waals surface area (Å²) in [6, 6.07) is 15.6. The second-order valence-corrected chi connectivity index (χ2v) is 8.36. The largest absolute Gasteiger partial charge is 0.383 e. The first-order valence-electron chi connectivity index (χ1n) is 7.23. The standard InChI is InChI=1S/C17H18ClNO3S/c1-22-11-17(19)15(12-5-3-2-4-6-12)16(17)23(20,21)14-9-7-13(18)8-10-14/h2-10,15-16H,11,19H2,1H3. The van der Waals surface area contributed by atoms with Crippen LogP contribution in [0.25, 0.3) is 0 Å². The molecule has 0 aromatic heterocycles. The molecule has 0 saturated heterocycles. The van der Waals surface area contributed by atoms with Crippen LogP contribution < -0.4 is 5.73 Å². The van der Waals surface area contributed by atoms with E-state index in [1.807, 2.05) is 30.3 Å². The molecule has 23 heavy (non-hydrogen) atoms. The number of halogens is 1. The van der Waals surface area contributed by atoms with Crippen LogP contribution >= 0.6 is 11.6 Å². The maximum atomic E-state index is 13.0. The fourth-order valence-electron chi connectivity index (χ4n) is 3.23. The molecule has 0 radical (unpaired) electrons. The molecule has 3 atom stereocenters. The van der Waals surface area contributed by atoms with Crippen molar-refractivity contribution in [2.24, 2.45) is 5.73 Å². The monoisotopic (exact) mass is 351 g/mol. The third-order valence-electron chi connectivity index (χ3n) is 4.33. The number of benzene rings is 2. The van der Waals surface area contributed by atoms with Crippen LogP contribution in [-0.4, -0.2) is 32.9 Å². The van der Waals surface area contributed by atoms with E-state index in [1.54, 1.807) is 12.1 Å². The molecule has 122 valence electrons. The number of methoxy groups -OCH3 is 1. The van der Waals surface area contributed by atoms with E-state index in [0.717, 1.165) is 5.56 Å². The highest BCUT2D eigenvalue weighted by atomic mass is 35.5. The van der Waals surface area contributed by atoms with Gasteiger partial charge in [-0.1, -0.05) is 41.9 Å². The third kappa shape index (κ3) is 2.78. The van der Waals surface area contributed by atoms with Crippen LogP contribution in [0, 0.1) is 0 Å². The Balaban J connectivity index is 2.01. The average molecular weight is 352 g/mol. The van der Waals surface area contributed by atoms with Gasteiger partial charge >= 0.3 is 0 Å². The van der Waals surface area contributed by atoms with Gasteiger partial charge in [0.2, 0.25) is 0 Å². The van der Waals surface area contributed by atoms with Crippen molar-refractivity contribution in [2.75, 3.05) is 13.7 Å². The van der Waals surface area contributed by atoms with E-state index in [4.69, 9.17) is 22.1 Å². The highest BCUT2D eigenvalue weighted by Gasteiger charge is 2.69. The third-order valence-corrected chi connectivity index (χ3v) is 6.89. The molecule has 0 spiro atoms.